The second-order valence-corrected chi connectivity index (χ2v) is 8.88. The minimum Gasteiger partial charge on any atom is -0.547 e. The summed E-state index contributed by atoms with van der Waals surface area (Å²) < 4.78 is 15.8. The Morgan fingerprint density at radius 2 is 1.77 bits per heavy atom. The minimum absolute atomic E-state index is 0.0134. The van der Waals surface area contributed by atoms with Crippen LogP contribution in [-0.4, -0.2) is 80.9 Å². The van der Waals surface area contributed by atoms with E-state index in [4.69, 9.17) is 14.2 Å². The minimum atomic E-state index is -1.94. The van der Waals surface area contributed by atoms with Gasteiger partial charge in [0.25, 0.3) is 0 Å². The first kappa shape index (κ1) is 29.7. The molecule has 5 atom stereocenters. The Bertz CT molecular complexity index is 1220. The Labute approximate surface area is 223 Å². The average molecular weight is 546 g/mol. The zero-order chi connectivity index (χ0) is 28.7. The van der Waals surface area contributed by atoms with Gasteiger partial charge >= 0.3 is 0 Å². The van der Waals surface area contributed by atoms with Crippen LogP contribution in [-0.2, 0) is 32.1 Å². The predicted molar refractivity (Wildman–Crippen MR) is 131 cm³/mol. The van der Waals surface area contributed by atoms with Crippen LogP contribution in [0.5, 0.6) is 17.2 Å². The number of Topliss-reactive ketones (excluding diaryl/α,β-unsaturated/α-hetero) is 1. The highest BCUT2D eigenvalue weighted by Crippen LogP contribution is 2.32. The van der Waals surface area contributed by atoms with Gasteiger partial charge in [0.15, 0.2) is 17.3 Å². The largest absolute Gasteiger partial charge is 0.547 e. The number of aliphatic carboxylic acids is 1. The Hall–Kier alpha value is -3.81. The van der Waals surface area contributed by atoms with Gasteiger partial charge in [0.1, 0.15) is 35.9 Å². The molecule has 3 rings (SSSR count). The van der Waals surface area contributed by atoms with Crippen molar-refractivity contribution in [3.05, 3.63) is 59.2 Å². The van der Waals surface area contributed by atoms with Crippen LogP contribution in [0.4, 0.5) is 0 Å². The lowest BCUT2D eigenvalue weighted by molar-refractivity contribution is -0.342. The third kappa shape index (κ3) is 7.62. The first-order valence-corrected chi connectivity index (χ1v) is 11.9. The molecule has 210 valence electrons. The van der Waals surface area contributed by atoms with Gasteiger partial charge < -0.3 is 49.6 Å². The number of carboxylic acid groups (broad SMARTS) is 1. The molecule has 0 aromatic heterocycles. The Morgan fingerprint density at radius 3 is 2.44 bits per heavy atom. The van der Waals surface area contributed by atoms with Gasteiger partial charge in [-0.3, -0.25) is 9.59 Å². The number of aliphatic hydroxyl groups excluding tert-OH is 4. The van der Waals surface area contributed by atoms with E-state index >= 15 is 0 Å². The van der Waals surface area contributed by atoms with Crippen molar-refractivity contribution in [1.29, 1.82) is 0 Å². The van der Waals surface area contributed by atoms with Gasteiger partial charge in [0.2, 0.25) is 6.29 Å². The Morgan fingerprint density at radius 1 is 1.03 bits per heavy atom. The predicted octanol–water partition coefficient (Wildman–Crippen LogP) is -0.996. The topological polar surface area (TPSA) is 203 Å². The molecule has 1 aliphatic heterocycles. The molecular weight excluding hydrogens is 516 g/mol. The van der Waals surface area contributed by atoms with Crippen molar-refractivity contribution in [2.45, 2.75) is 56.6 Å². The van der Waals surface area contributed by atoms with Crippen molar-refractivity contribution >= 4 is 23.6 Å². The highest BCUT2D eigenvalue weighted by molar-refractivity contribution is 6.06. The van der Waals surface area contributed by atoms with Crippen molar-refractivity contribution in [3.8, 4) is 17.2 Å². The van der Waals surface area contributed by atoms with Crippen LogP contribution in [0.25, 0.3) is 6.08 Å². The number of hydrogen-bond acceptors (Lipinski definition) is 12. The average Bonchev–Trinajstić information content (AvgIpc) is 2.91. The van der Waals surface area contributed by atoms with E-state index in [2.05, 4.69) is 0 Å². The number of rotatable bonds is 12. The van der Waals surface area contributed by atoms with Crippen molar-refractivity contribution in [1.82, 2.24) is 0 Å². The van der Waals surface area contributed by atoms with Crippen LogP contribution in [0.2, 0.25) is 0 Å². The summed E-state index contributed by atoms with van der Waals surface area (Å²) in [5.41, 5.74) is 1.59. The number of ether oxygens (including phenoxy) is 3. The van der Waals surface area contributed by atoms with Crippen molar-refractivity contribution < 1.29 is 59.2 Å². The number of hydrogen-bond donors (Lipinski definition) is 5. The molecule has 12 nitrogen and oxygen atoms in total. The van der Waals surface area contributed by atoms with Crippen LogP contribution in [0, 0.1) is 0 Å². The summed E-state index contributed by atoms with van der Waals surface area (Å²) in [7, 11) is 1.32. The number of ketones is 2. The van der Waals surface area contributed by atoms with E-state index in [1.165, 1.54) is 43.5 Å². The maximum atomic E-state index is 12.3. The molecule has 1 saturated heterocycles. The lowest BCUT2D eigenvalue weighted by Gasteiger charge is -2.40. The monoisotopic (exact) mass is 545 g/mol. The van der Waals surface area contributed by atoms with Gasteiger partial charge in [-0.05, 0) is 47.9 Å². The molecule has 1 aliphatic rings. The third-order valence-corrected chi connectivity index (χ3v) is 6.07. The Kier molecular flexibility index (Phi) is 10.2. The fourth-order valence-electron chi connectivity index (χ4n) is 3.89. The molecule has 39 heavy (non-hydrogen) atoms. The van der Waals surface area contributed by atoms with Crippen molar-refractivity contribution in [2.24, 2.45) is 0 Å². The normalized spacial score (nSPS) is 22.9. The second-order valence-electron chi connectivity index (χ2n) is 8.88. The Balaban J connectivity index is 1.59. The summed E-state index contributed by atoms with van der Waals surface area (Å²) in [4.78, 5) is 35.7. The second kappa shape index (κ2) is 13.3. The number of phenols is 1. The van der Waals surface area contributed by atoms with E-state index in [0.717, 1.165) is 5.56 Å². The van der Waals surface area contributed by atoms with Crippen molar-refractivity contribution in [3.63, 3.8) is 0 Å². The first-order valence-electron chi connectivity index (χ1n) is 11.9. The smallest absolute Gasteiger partial charge is 0.229 e. The standard InChI is InChI=1S/C27H30O12/c1-37-21-11-15(5-9-20(21)38-27-24(34)22(32)23(33)25(39-27)26(35)36)3-7-18(30)12-17(29)6-2-14-4-8-19(31)16(10-14)13-28/h3-5,7-11,22-25,27-28,31-34H,2,6,12-13H2,1H3,(H,35,36)/p-1/b7-3+. The number of carboxylic acids is 1. The zero-order valence-corrected chi connectivity index (χ0v) is 20.9. The molecule has 1 fully saturated rings. The molecule has 0 radical (unpaired) electrons. The number of aliphatic hydroxyl groups is 4. The molecule has 0 aliphatic carbocycles. The van der Waals surface area contributed by atoms with Crippen LogP contribution in [0.1, 0.15) is 29.5 Å². The van der Waals surface area contributed by atoms with E-state index in [9.17, 15) is 45.0 Å². The number of aryl methyl sites for hydroxylation is 1. The summed E-state index contributed by atoms with van der Waals surface area (Å²) in [5, 5.41) is 59.8. The van der Waals surface area contributed by atoms with E-state index < -0.39 is 42.5 Å². The fourth-order valence-corrected chi connectivity index (χ4v) is 3.89. The molecule has 12 heteroatoms. The van der Waals surface area contributed by atoms with E-state index in [1.807, 2.05) is 0 Å². The van der Waals surface area contributed by atoms with Gasteiger partial charge in [-0.25, -0.2) is 0 Å². The summed E-state index contributed by atoms with van der Waals surface area (Å²) in [6, 6.07) is 9.06. The molecule has 0 spiro atoms. The van der Waals surface area contributed by atoms with E-state index in [-0.39, 0.29) is 42.5 Å². The van der Waals surface area contributed by atoms with E-state index in [1.54, 1.807) is 12.1 Å². The van der Waals surface area contributed by atoms with Gasteiger partial charge in [-0.2, -0.15) is 0 Å². The van der Waals surface area contributed by atoms with Crippen LogP contribution in [0.3, 0.4) is 0 Å². The number of allylic oxidation sites excluding steroid dienone is 1. The quantitative estimate of drug-likeness (QED) is 0.161. The van der Waals surface area contributed by atoms with Crippen LogP contribution < -0.4 is 14.6 Å². The summed E-state index contributed by atoms with van der Waals surface area (Å²) in [5.74, 6) is -2.41. The third-order valence-electron chi connectivity index (χ3n) is 6.07. The van der Waals surface area contributed by atoms with E-state index in [0.29, 0.717) is 17.5 Å². The summed E-state index contributed by atoms with van der Waals surface area (Å²) >= 11 is 0. The molecule has 2 aromatic carbocycles. The number of aromatic hydroxyl groups is 1. The molecule has 0 bridgehead atoms. The number of carbonyl (C=O) groups excluding carboxylic acids is 3. The number of benzene rings is 2. The zero-order valence-electron chi connectivity index (χ0n) is 20.9. The molecule has 1 heterocycles. The molecule has 0 amide bonds. The number of methoxy groups -OCH3 is 1. The first-order chi connectivity index (χ1) is 18.5. The lowest BCUT2D eigenvalue weighted by atomic mass is 9.99. The van der Waals surface area contributed by atoms with Gasteiger partial charge in [0.05, 0.1) is 26.1 Å². The molecule has 5 unspecified atom stereocenters. The molecule has 5 N–H and O–H groups in total. The highest BCUT2D eigenvalue weighted by Gasteiger charge is 2.45. The van der Waals surface area contributed by atoms with Gasteiger partial charge in [0, 0.05) is 12.0 Å². The molecule has 0 saturated carbocycles. The molecule has 2 aromatic rings. The molecular formula is C27H29O12-. The lowest BCUT2D eigenvalue weighted by Crippen LogP contribution is -2.63. The summed E-state index contributed by atoms with van der Waals surface area (Å²) in [6.07, 6.45) is -6.34. The van der Waals surface area contributed by atoms with Crippen LogP contribution in [0.15, 0.2) is 42.5 Å². The fraction of sp³-hybridized carbons (Fsp3) is 0.370. The van der Waals surface area contributed by atoms with Gasteiger partial charge in [-0.1, -0.05) is 18.2 Å². The summed E-state index contributed by atoms with van der Waals surface area (Å²) in [6.45, 7) is -0.332. The maximum absolute atomic E-state index is 12.3. The van der Waals surface area contributed by atoms with Gasteiger partial charge in [-0.15, -0.1) is 0 Å². The number of carbonyl (C=O) groups is 3. The highest BCUT2D eigenvalue weighted by atomic mass is 16.7. The maximum Gasteiger partial charge on any atom is 0.229 e. The van der Waals surface area contributed by atoms with Crippen LogP contribution >= 0.6 is 0 Å². The van der Waals surface area contributed by atoms with Crippen molar-refractivity contribution in [2.75, 3.05) is 7.11 Å². The SMILES string of the molecule is COc1cc(/C=C/C(=O)CC(=O)CCc2ccc(O)c(CO)c2)ccc1OC1OC(C(=O)[O-])C(O)C(O)C1O.